The van der Waals surface area contributed by atoms with Crippen molar-refractivity contribution in [1.29, 1.82) is 0 Å². The molecule has 98 valence electrons. The summed E-state index contributed by atoms with van der Waals surface area (Å²) in [6.45, 7) is 0.996. The number of fused-ring (bicyclic) bond motifs is 1. The first kappa shape index (κ1) is 11.5. The Hall–Kier alpha value is -1.58. The third kappa shape index (κ3) is 1.76. The van der Waals surface area contributed by atoms with Crippen LogP contribution in [0.3, 0.4) is 0 Å². The molecule has 1 aliphatic heterocycles. The highest BCUT2D eigenvalue weighted by Gasteiger charge is 2.37. The minimum atomic E-state index is 0.243. The minimum absolute atomic E-state index is 0.243. The van der Waals surface area contributed by atoms with Crippen molar-refractivity contribution in [1.82, 2.24) is 0 Å². The lowest BCUT2D eigenvalue weighted by atomic mass is 9.94. The molecule has 0 bridgehead atoms. The Bertz CT molecular complexity index is 453. The van der Waals surface area contributed by atoms with Crippen molar-refractivity contribution in [3.63, 3.8) is 0 Å². The van der Waals surface area contributed by atoms with Gasteiger partial charge in [-0.1, -0.05) is 12.8 Å². The molecule has 3 rings (SSSR count). The van der Waals surface area contributed by atoms with Crippen LogP contribution in [0.2, 0.25) is 0 Å². The molecular formula is C14H20N2O2. The van der Waals surface area contributed by atoms with Crippen LogP contribution in [0.1, 0.15) is 25.7 Å². The average molecular weight is 248 g/mol. The second-order valence-electron chi connectivity index (χ2n) is 5.22. The quantitative estimate of drug-likeness (QED) is 0.844. The highest BCUT2D eigenvalue weighted by Crippen LogP contribution is 2.43. The summed E-state index contributed by atoms with van der Waals surface area (Å²) in [6, 6.07) is 4.03. The van der Waals surface area contributed by atoms with Crippen molar-refractivity contribution in [2.24, 2.45) is 0 Å². The first-order chi connectivity index (χ1) is 8.76. The number of nitrogens with one attached hydrogen (secondary N) is 2. The van der Waals surface area contributed by atoms with Crippen LogP contribution in [0.5, 0.6) is 11.5 Å². The van der Waals surface area contributed by atoms with E-state index in [4.69, 9.17) is 9.47 Å². The Morgan fingerprint density at radius 2 is 1.61 bits per heavy atom. The largest absolute Gasteiger partial charge is 0.493 e. The number of rotatable bonds is 2. The lowest BCUT2D eigenvalue weighted by molar-refractivity contribution is 0.355. The summed E-state index contributed by atoms with van der Waals surface area (Å²) in [6.07, 6.45) is 5.12. The van der Waals surface area contributed by atoms with Gasteiger partial charge in [0.25, 0.3) is 0 Å². The Kier molecular flexibility index (Phi) is 2.73. The highest BCUT2D eigenvalue weighted by atomic mass is 16.5. The Labute approximate surface area is 108 Å². The number of methoxy groups -OCH3 is 2. The van der Waals surface area contributed by atoms with Crippen molar-refractivity contribution in [3.8, 4) is 11.5 Å². The Morgan fingerprint density at radius 1 is 1.00 bits per heavy atom. The molecule has 1 aliphatic carbocycles. The van der Waals surface area contributed by atoms with Gasteiger partial charge in [-0.15, -0.1) is 0 Å². The molecule has 18 heavy (non-hydrogen) atoms. The molecule has 1 fully saturated rings. The molecule has 0 aromatic heterocycles. The van der Waals surface area contributed by atoms with Gasteiger partial charge in [0.2, 0.25) is 0 Å². The fourth-order valence-electron chi connectivity index (χ4n) is 3.08. The van der Waals surface area contributed by atoms with E-state index in [0.717, 1.165) is 29.4 Å². The molecule has 0 amide bonds. The maximum atomic E-state index is 5.36. The molecule has 1 spiro atoms. The van der Waals surface area contributed by atoms with Crippen LogP contribution >= 0.6 is 0 Å². The van der Waals surface area contributed by atoms with Gasteiger partial charge in [-0.2, -0.15) is 0 Å². The molecule has 1 heterocycles. The van der Waals surface area contributed by atoms with Crippen molar-refractivity contribution in [2.75, 3.05) is 31.4 Å². The number of benzene rings is 1. The van der Waals surface area contributed by atoms with E-state index in [1.807, 2.05) is 12.1 Å². The zero-order valence-electron chi connectivity index (χ0n) is 11.0. The standard InChI is InChI=1S/C14H20N2O2/c1-17-12-7-10-11(8-13(12)18-2)16-14(9-15-10)5-3-4-6-14/h7-8,15-16H,3-6,9H2,1-2H3. The fraction of sp³-hybridized carbons (Fsp3) is 0.571. The Balaban J connectivity index is 1.95. The minimum Gasteiger partial charge on any atom is -0.493 e. The first-order valence-electron chi connectivity index (χ1n) is 6.54. The monoisotopic (exact) mass is 248 g/mol. The smallest absolute Gasteiger partial charge is 0.162 e. The zero-order chi connectivity index (χ0) is 12.6. The molecule has 2 N–H and O–H groups in total. The van der Waals surface area contributed by atoms with E-state index in [1.54, 1.807) is 14.2 Å². The normalized spacial score (nSPS) is 19.9. The molecule has 0 saturated heterocycles. The van der Waals surface area contributed by atoms with Crippen molar-refractivity contribution < 1.29 is 9.47 Å². The zero-order valence-corrected chi connectivity index (χ0v) is 11.0. The maximum absolute atomic E-state index is 5.36. The number of hydrogen-bond acceptors (Lipinski definition) is 4. The van der Waals surface area contributed by atoms with Crippen LogP contribution in [0.4, 0.5) is 11.4 Å². The maximum Gasteiger partial charge on any atom is 0.162 e. The van der Waals surface area contributed by atoms with E-state index in [-0.39, 0.29) is 5.54 Å². The third-order valence-electron chi connectivity index (χ3n) is 4.10. The number of hydrogen-bond donors (Lipinski definition) is 2. The van der Waals surface area contributed by atoms with E-state index in [9.17, 15) is 0 Å². The molecule has 2 aliphatic rings. The number of anilines is 2. The van der Waals surface area contributed by atoms with Gasteiger partial charge >= 0.3 is 0 Å². The molecule has 1 saturated carbocycles. The van der Waals surface area contributed by atoms with E-state index >= 15 is 0 Å². The van der Waals surface area contributed by atoms with Crippen LogP contribution in [-0.2, 0) is 0 Å². The molecular weight excluding hydrogens is 228 g/mol. The second-order valence-corrected chi connectivity index (χ2v) is 5.22. The van der Waals surface area contributed by atoms with Gasteiger partial charge in [-0.25, -0.2) is 0 Å². The summed E-state index contributed by atoms with van der Waals surface area (Å²) in [4.78, 5) is 0. The van der Waals surface area contributed by atoms with Crippen LogP contribution in [0, 0.1) is 0 Å². The predicted molar refractivity (Wildman–Crippen MR) is 72.9 cm³/mol. The van der Waals surface area contributed by atoms with Crippen LogP contribution in [0.15, 0.2) is 12.1 Å². The van der Waals surface area contributed by atoms with Gasteiger partial charge in [0.05, 0.1) is 31.1 Å². The first-order valence-corrected chi connectivity index (χ1v) is 6.54. The van der Waals surface area contributed by atoms with Crippen molar-refractivity contribution >= 4 is 11.4 Å². The van der Waals surface area contributed by atoms with E-state index in [0.29, 0.717) is 0 Å². The van der Waals surface area contributed by atoms with Crippen LogP contribution < -0.4 is 20.1 Å². The van der Waals surface area contributed by atoms with Gasteiger partial charge in [-0.3, -0.25) is 0 Å². The van der Waals surface area contributed by atoms with E-state index in [2.05, 4.69) is 10.6 Å². The second kappa shape index (κ2) is 4.26. The third-order valence-corrected chi connectivity index (χ3v) is 4.10. The summed E-state index contributed by atoms with van der Waals surface area (Å²) in [5, 5.41) is 7.22. The summed E-state index contributed by atoms with van der Waals surface area (Å²) in [5.41, 5.74) is 2.47. The van der Waals surface area contributed by atoms with Gasteiger partial charge in [0.1, 0.15) is 0 Å². The van der Waals surface area contributed by atoms with Gasteiger partial charge in [0, 0.05) is 18.7 Å². The Morgan fingerprint density at radius 3 is 2.22 bits per heavy atom. The van der Waals surface area contributed by atoms with Crippen LogP contribution in [-0.4, -0.2) is 26.3 Å². The van der Waals surface area contributed by atoms with Gasteiger partial charge in [-0.05, 0) is 12.8 Å². The average Bonchev–Trinajstić information content (AvgIpc) is 2.85. The fourth-order valence-corrected chi connectivity index (χ4v) is 3.08. The molecule has 4 heteroatoms. The highest BCUT2D eigenvalue weighted by molar-refractivity contribution is 5.77. The molecule has 0 unspecified atom stereocenters. The summed E-state index contributed by atoms with van der Waals surface area (Å²) in [7, 11) is 3.34. The molecule has 4 nitrogen and oxygen atoms in total. The predicted octanol–water partition coefficient (Wildman–Crippen LogP) is 2.85. The summed E-state index contributed by atoms with van der Waals surface area (Å²) < 4.78 is 10.7. The van der Waals surface area contributed by atoms with Crippen molar-refractivity contribution in [2.45, 2.75) is 31.2 Å². The van der Waals surface area contributed by atoms with E-state index < -0.39 is 0 Å². The van der Waals surface area contributed by atoms with Crippen LogP contribution in [0.25, 0.3) is 0 Å². The lowest BCUT2D eigenvalue weighted by Gasteiger charge is -2.38. The van der Waals surface area contributed by atoms with Gasteiger partial charge < -0.3 is 20.1 Å². The van der Waals surface area contributed by atoms with E-state index in [1.165, 1.54) is 25.7 Å². The summed E-state index contributed by atoms with van der Waals surface area (Å²) >= 11 is 0. The van der Waals surface area contributed by atoms with Gasteiger partial charge in [0.15, 0.2) is 11.5 Å². The lowest BCUT2D eigenvalue weighted by Crippen LogP contribution is -2.45. The molecule has 1 aromatic carbocycles. The molecule has 0 radical (unpaired) electrons. The summed E-state index contributed by atoms with van der Waals surface area (Å²) in [5.74, 6) is 1.55. The topological polar surface area (TPSA) is 42.5 Å². The number of ether oxygens (including phenoxy) is 2. The molecule has 1 aromatic rings. The molecule has 0 atom stereocenters. The SMILES string of the molecule is COc1cc2c(cc1OC)NC1(CCCC1)CN2. The van der Waals surface area contributed by atoms with Crippen molar-refractivity contribution in [3.05, 3.63) is 12.1 Å².